The summed E-state index contributed by atoms with van der Waals surface area (Å²) in [4.78, 5) is 0. The van der Waals surface area contributed by atoms with Crippen molar-refractivity contribution >= 4 is 110 Å². The van der Waals surface area contributed by atoms with E-state index in [0.717, 1.165) is 88.6 Å². The second-order valence-corrected chi connectivity index (χ2v) is 17.0. The second-order valence-electron chi connectivity index (χ2n) is 17.0. The Kier molecular flexibility index (Phi) is 7.37. The molecular formula is C59H39N5O. The summed E-state index contributed by atoms with van der Waals surface area (Å²) < 4.78 is 16.6. The highest BCUT2D eigenvalue weighted by atomic mass is 16.3. The molecule has 0 aliphatic carbocycles. The molecule has 14 rings (SSSR count). The molecule has 0 aliphatic rings. The van der Waals surface area contributed by atoms with E-state index >= 15 is 0 Å². The minimum atomic E-state index is 0.691. The predicted molar refractivity (Wildman–Crippen MR) is 273 cm³/mol. The fraction of sp³-hybridized carbons (Fsp3) is 0.0169. The van der Waals surface area contributed by atoms with E-state index in [1.54, 1.807) is 0 Å². The van der Waals surface area contributed by atoms with Crippen molar-refractivity contribution in [2.75, 3.05) is 5.73 Å². The molecule has 0 saturated heterocycles. The first kappa shape index (κ1) is 35.8. The van der Waals surface area contributed by atoms with Gasteiger partial charge in [0.15, 0.2) is 0 Å². The molecule has 0 bridgehead atoms. The Balaban J connectivity index is 0.997. The van der Waals surface area contributed by atoms with Gasteiger partial charge in [0.25, 0.3) is 0 Å². The maximum absolute atomic E-state index is 7.30. The lowest BCUT2D eigenvalue weighted by atomic mass is 10.1. The van der Waals surface area contributed by atoms with Gasteiger partial charge in [-0.05, 0) is 116 Å². The standard InChI is InChI=1S/C59H39N5O/c1-2-15-54-57(60)56-53(64(54)39-27-31-51-46(35-39)41-21-10-13-24-48(41)62(51)37-18-7-4-8-19-37)33-29-43-42-28-32-52-55(58(42)65-59(43)56)44-22-11-14-25-49(44)63(52)38-26-30-50-45(34-38)40-20-9-12-23-47(40)61(50)36-16-5-3-6-17-36/h2-35H,60H2,1H3/b15-2-. The van der Waals surface area contributed by atoms with E-state index < -0.39 is 0 Å². The van der Waals surface area contributed by atoms with Gasteiger partial charge in [0.2, 0.25) is 0 Å². The molecule has 6 nitrogen and oxygen atoms in total. The van der Waals surface area contributed by atoms with Crippen LogP contribution in [0.4, 0.5) is 5.69 Å². The van der Waals surface area contributed by atoms with Crippen LogP contribution in [0.3, 0.4) is 0 Å². The van der Waals surface area contributed by atoms with Gasteiger partial charge in [0, 0.05) is 60.5 Å². The first-order valence-electron chi connectivity index (χ1n) is 22.2. The second kappa shape index (κ2) is 13.4. The van der Waals surface area contributed by atoms with Crippen molar-refractivity contribution in [3.05, 3.63) is 206 Å². The Morgan fingerprint density at radius 2 is 0.769 bits per heavy atom. The molecule has 14 aromatic rings. The normalized spacial score (nSPS) is 12.4. The summed E-state index contributed by atoms with van der Waals surface area (Å²) in [5.41, 5.74) is 22.9. The number of nitrogens with zero attached hydrogens (tertiary/aromatic N) is 4. The number of aromatic nitrogens is 4. The smallest absolute Gasteiger partial charge is 0.146 e. The molecule has 0 saturated carbocycles. The van der Waals surface area contributed by atoms with Crippen molar-refractivity contribution in [1.29, 1.82) is 0 Å². The molecule has 0 atom stereocenters. The quantitative estimate of drug-likeness (QED) is 0.188. The Labute approximate surface area is 372 Å². The number of rotatable bonds is 5. The van der Waals surface area contributed by atoms with Crippen molar-refractivity contribution < 1.29 is 4.42 Å². The van der Waals surface area contributed by atoms with Crippen molar-refractivity contribution in [1.82, 2.24) is 18.3 Å². The van der Waals surface area contributed by atoms with E-state index in [2.05, 4.69) is 225 Å². The SMILES string of the molecule is C/C=C\c1c(N)c2c3oc4c(ccc5c4c4ccccc4n5-c4ccc5c(c4)c4ccccc4n5-c4ccccc4)c3ccc2n1-c1ccc2c(c1)c1ccccc1n2-c1ccccc1. The highest BCUT2D eigenvalue weighted by Crippen LogP contribution is 2.46. The molecule has 0 aliphatic heterocycles. The molecule has 5 aromatic heterocycles. The molecule has 306 valence electrons. The Morgan fingerprint density at radius 3 is 1.32 bits per heavy atom. The first-order chi connectivity index (χ1) is 32.2. The van der Waals surface area contributed by atoms with Crippen molar-refractivity contribution in [2.45, 2.75) is 6.92 Å². The minimum absolute atomic E-state index is 0.691. The van der Waals surface area contributed by atoms with Gasteiger partial charge in [0.1, 0.15) is 11.2 Å². The number of nitrogens with two attached hydrogens (primary N) is 1. The van der Waals surface area contributed by atoms with Crippen molar-refractivity contribution in [3.63, 3.8) is 0 Å². The van der Waals surface area contributed by atoms with E-state index in [1.165, 1.54) is 38.1 Å². The number of allylic oxidation sites excluding steroid dienone is 1. The summed E-state index contributed by atoms with van der Waals surface area (Å²) in [6.07, 6.45) is 4.17. The predicted octanol–water partition coefficient (Wildman–Crippen LogP) is 15.4. The average Bonchev–Trinajstić information content (AvgIpc) is 4.15. The van der Waals surface area contributed by atoms with Crippen LogP contribution in [-0.4, -0.2) is 18.3 Å². The molecule has 0 radical (unpaired) electrons. The molecule has 2 N–H and O–H groups in total. The number of hydrogen-bond acceptors (Lipinski definition) is 2. The van der Waals surface area contributed by atoms with Crippen LogP contribution in [0.5, 0.6) is 0 Å². The molecule has 6 heteroatoms. The summed E-state index contributed by atoms with van der Waals surface area (Å²) >= 11 is 0. The molecule has 5 heterocycles. The summed E-state index contributed by atoms with van der Waals surface area (Å²) in [6, 6.07) is 69.8. The zero-order chi connectivity index (χ0) is 42.9. The summed E-state index contributed by atoms with van der Waals surface area (Å²) in [6.45, 7) is 2.04. The lowest BCUT2D eigenvalue weighted by molar-refractivity contribution is 0.677. The van der Waals surface area contributed by atoms with Crippen molar-refractivity contribution in [3.8, 4) is 22.7 Å². The summed E-state index contributed by atoms with van der Waals surface area (Å²) in [5.74, 6) is 0. The lowest BCUT2D eigenvalue weighted by Crippen LogP contribution is -1.98. The number of anilines is 1. The van der Waals surface area contributed by atoms with E-state index in [1.807, 2.05) is 6.92 Å². The molecule has 0 fully saturated rings. The van der Waals surface area contributed by atoms with Gasteiger partial charge in [-0.25, -0.2) is 0 Å². The van der Waals surface area contributed by atoms with Crippen LogP contribution >= 0.6 is 0 Å². The van der Waals surface area contributed by atoms with Crippen LogP contribution in [0.2, 0.25) is 0 Å². The summed E-state index contributed by atoms with van der Waals surface area (Å²) in [5, 5.41) is 10.0. The Morgan fingerprint density at radius 1 is 0.354 bits per heavy atom. The number of nitrogen functional groups attached to an aromatic ring is 1. The number of hydrogen-bond donors (Lipinski definition) is 1. The third kappa shape index (κ3) is 4.88. The van der Waals surface area contributed by atoms with Gasteiger partial charge in [-0.1, -0.05) is 97.1 Å². The number of benzene rings is 9. The zero-order valence-corrected chi connectivity index (χ0v) is 35.4. The molecule has 0 amide bonds. The third-order valence-electron chi connectivity index (χ3n) is 13.6. The molecule has 0 spiro atoms. The average molecular weight is 834 g/mol. The van der Waals surface area contributed by atoms with E-state index in [-0.39, 0.29) is 0 Å². The first-order valence-corrected chi connectivity index (χ1v) is 22.2. The van der Waals surface area contributed by atoms with Crippen LogP contribution in [-0.2, 0) is 0 Å². The summed E-state index contributed by atoms with van der Waals surface area (Å²) in [7, 11) is 0. The number of fused-ring (bicyclic) bond motifs is 15. The lowest BCUT2D eigenvalue weighted by Gasteiger charge is -2.11. The highest BCUT2D eigenvalue weighted by molar-refractivity contribution is 6.27. The van der Waals surface area contributed by atoms with Gasteiger partial charge in [-0.3, -0.25) is 0 Å². The maximum Gasteiger partial charge on any atom is 0.146 e. The topological polar surface area (TPSA) is 58.9 Å². The van der Waals surface area contributed by atoms with Crippen LogP contribution in [0, 0.1) is 0 Å². The Hall–Kier alpha value is -8.74. The van der Waals surface area contributed by atoms with E-state index in [9.17, 15) is 0 Å². The van der Waals surface area contributed by atoms with Crippen molar-refractivity contribution in [2.24, 2.45) is 0 Å². The van der Waals surface area contributed by atoms with Gasteiger partial charge < -0.3 is 28.4 Å². The molecular weight excluding hydrogens is 795 g/mol. The van der Waals surface area contributed by atoms with Crippen LogP contribution in [0.1, 0.15) is 12.6 Å². The van der Waals surface area contributed by atoms with E-state index in [0.29, 0.717) is 5.69 Å². The molecule has 9 aromatic carbocycles. The Bertz CT molecular complexity index is 4310. The van der Waals surface area contributed by atoms with Gasteiger partial charge >= 0.3 is 0 Å². The molecule has 0 unspecified atom stereocenters. The monoisotopic (exact) mass is 833 g/mol. The zero-order valence-electron chi connectivity index (χ0n) is 35.4. The minimum Gasteiger partial charge on any atom is -0.455 e. The van der Waals surface area contributed by atoms with Gasteiger partial charge in [-0.2, -0.15) is 0 Å². The van der Waals surface area contributed by atoms with Gasteiger partial charge in [-0.15, -0.1) is 0 Å². The van der Waals surface area contributed by atoms with Gasteiger partial charge in [0.05, 0.1) is 60.8 Å². The number of furan rings is 1. The van der Waals surface area contributed by atoms with Crippen LogP contribution in [0.15, 0.2) is 205 Å². The maximum atomic E-state index is 7.30. The van der Waals surface area contributed by atoms with Crippen LogP contribution in [0.25, 0.3) is 127 Å². The third-order valence-corrected chi connectivity index (χ3v) is 13.6. The highest BCUT2D eigenvalue weighted by Gasteiger charge is 2.25. The van der Waals surface area contributed by atoms with Crippen LogP contribution < -0.4 is 5.73 Å². The fourth-order valence-electron chi connectivity index (χ4n) is 11.0. The fourth-order valence-corrected chi connectivity index (χ4v) is 11.0. The largest absolute Gasteiger partial charge is 0.455 e. The van der Waals surface area contributed by atoms with E-state index in [4.69, 9.17) is 10.2 Å². The number of para-hydroxylation sites is 5. The molecule has 65 heavy (non-hydrogen) atoms.